The largest absolute Gasteiger partial charge is 0.438 e. The average molecular weight is 366 g/mol. The van der Waals surface area contributed by atoms with Crippen LogP contribution in [-0.2, 0) is 7.05 Å². The van der Waals surface area contributed by atoms with E-state index in [4.69, 9.17) is 4.74 Å². The number of halogens is 1. The Bertz CT molecular complexity index is 973. The Morgan fingerprint density at radius 1 is 1.19 bits per heavy atom. The van der Waals surface area contributed by atoms with Crippen LogP contribution in [0.15, 0.2) is 36.7 Å². The van der Waals surface area contributed by atoms with E-state index in [1.54, 1.807) is 29.9 Å². The van der Waals surface area contributed by atoms with Crippen LogP contribution >= 0.6 is 0 Å². The van der Waals surface area contributed by atoms with E-state index >= 15 is 0 Å². The van der Waals surface area contributed by atoms with E-state index in [0.717, 1.165) is 31.3 Å². The molecule has 0 aliphatic rings. The highest BCUT2D eigenvalue weighted by molar-refractivity contribution is 5.66. The van der Waals surface area contributed by atoms with Gasteiger partial charge in [-0.05, 0) is 32.0 Å². The molecule has 0 fully saturated rings. The molecule has 0 aliphatic carbocycles. The van der Waals surface area contributed by atoms with Gasteiger partial charge in [0.05, 0.1) is 29.6 Å². The zero-order chi connectivity index (χ0) is 19.4. The van der Waals surface area contributed by atoms with Crippen LogP contribution in [0.1, 0.15) is 19.4 Å². The van der Waals surface area contributed by atoms with Crippen LogP contribution in [0.4, 0.5) is 10.2 Å². The highest BCUT2D eigenvalue weighted by Gasteiger charge is 2.16. The van der Waals surface area contributed by atoms with E-state index in [2.05, 4.69) is 39.9 Å². The van der Waals surface area contributed by atoms with Crippen molar-refractivity contribution in [2.24, 2.45) is 7.05 Å². The molecule has 0 saturated carbocycles. The van der Waals surface area contributed by atoms with Crippen molar-refractivity contribution in [2.45, 2.75) is 13.8 Å². The third-order valence-corrected chi connectivity index (χ3v) is 4.10. The summed E-state index contributed by atoms with van der Waals surface area (Å²) in [5.74, 6) is 1.49. The van der Waals surface area contributed by atoms with Crippen molar-refractivity contribution in [2.75, 3.05) is 18.0 Å². The Morgan fingerprint density at radius 2 is 1.89 bits per heavy atom. The Kier molecular flexibility index (Phi) is 5.31. The molecule has 0 aliphatic heterocycles. The average Bonchev–Trinajstić information content (AvgIpc) is 3.03. The number of hydrogen-bond donors (Lipinski definition) is 0. The maximum Gasteiger partial charge on any atom is 0.219 e. The second kappa shape index (κ2) is 7.83. The summed E-state index contributed by atoms with van der Waals surface area (Å²) < 4.78 is 20.8. The zero-order valence-corrected chi connectivity index (χ0v) is 15.3. The van der Waals surface area contributed by atoms with Crippen LogP contribution in [0.5, 0.6) is 11.6 Å². The molecular formula is C19H19FN6O. The normalized spacial score (nSPS) is 10.5. The van der Waals surface area contributed by atoms with Gasteiger partial charge in [0.2, 0.25) is 5.88 Å². The number of nitrogens with zero attached hydrogens (tertiary/aromatic N) is 6. The van der Waals surface area contributed by atoms with Crippen molar-refractivity contribution < 1.29 is 9.13 Å². The maximum absolute atomic E-state index is 13.2. The lowest BCUT2D eigenvalue weighted by molar-refractivity contribution is 0.431. The molecule has 0 bridgehead atoms. The Hall–Kier alpha value is -3.47. The lowest BCUT2D eigenvalue weighted by atomic mass is 10.1. The molecule has 8 heteroatoms. The summed E-state index contributed by atoms with van der Waals surface area (Å²) in [6.45, 7) is 5.76. The summed E-state index contributed by atoms with van der Waals surface area (Å²) in [6.07, 6.45) is 2.18. The summed E-state index contributed by atoms with van der Waals surface area (Å²) in [5, 5.41) is 13.7. The summed E-state index contributed by atoms with van der Waals surface area (Å²) >= 11 is 0. The van der Waals surface area contributed by atoms with E-state index in [-0.39, 0.29) is 0 Å². The highest BCUT2D eigenvalue weighted by atomic mass is 19.1. The molecule has 0 atom stereocenters. The first kappa shape index (κ1) is 18.3. The van der Waals surface area contributed by atoms with E-state index in [9.17, 15) is 9.65 Å². The molecule has 0 unspecified atom stereocenters. The van der Waals surface area contributed by atoms with E-state index in [1.807, 2.05) is 6.07 Å². The fraction of sp³-hybridized carbons (Fsp3) is 0.263. The molecule has 7 nitrogen and oxygen atoms in total. The van der Waals surface area contributed by atoms with Crippen LogP contribution in [0.3, 0.4) is 0 Å². The van der Waals surface area contributed by atoms with Crippen molar-refractivity contribution in [3.63, 3.8) is 0 Å². The van der Waals surface area contributed by atoms with Gasteiger partial charge in [-0.1, -0.05) is 0 Å². The molecule has 0 spiro atoms. The molecule has 2 aromatic heterocycles. The van der Waals surface area contributed by atoms with Gasteiger partial charge in [-0.3, -0.25) is 0 Å². The fourth-order valence-corrected chi connectivity index (χ4v) is 2.66. The quantitative estimate of drug-likeness (QED) is 0.664. The van der Waals surface area contributed by atoms with E-state index in [1.165, 1.54) is 0 Å². The van der Waals surface area contributed by atoms with Gasteiger partial charge in [0.25, 0.3) is 0 Å². The number of aryl methyl sites for hydroxylation is 1. The first-order valence-corrected chi connectivity index (χ1v) is 8.54. The minimum atomic E-state index is -0.523. The second-order valence-electron chi connectivity index (χ2n) is 5.79. The molecule has 3 rings (SSSR count). The predicted octanol–water partition coefficient (Wildman–Crippen LogP) is 3.53. The Morgan fingerprint density at radius 3 is 2.52 bits per heavy atom. The molecule has 27 heavy (non-hydrogen) atoms. The molecule has 0 amide bonds. The number of benzene rings is 1. The number of ether oxygens (including phenoxy) is 1. The SMILES string of the molecule is CCN(CC)c1cc(Oc2cc(C#N)ccc2-c2ncc(F)cn2)n(C)n1. The smallest absolute Gasteiger partial charge is 0.219 e. The molecule has 0 saturated heterocycles. The molecule has 0 N–H and O–H groups in total. The lowest BCUT2D eigenvalue weighted by Crippen LogP contribution is -2.22. The number of hydrogen-bond acceptors (Lipinski definition) is 6. The van der Waals surface area contributed by atoms with Crippen molar-refractivity contribution >= 4 is 5.82 Å². The first-order valence-electron chi connectivity index (χ1n) is 8.54. The molecule has 1 aromatic carbocycles. The summed E-state index contributed by atoms with van der Waals surface area (Å²) in [6, 6.07) is 8.85. The summed E-state index contributed by atoms with van der Waals surface area (Å²) in [4.78, 5) is 10.1. The van der Waals surface area contributed by atoms with Gasteiger partial charge in [0.15, 0.2) is 17.5 Å². The van der Waals surface area contributed by atoms with Crippen LogP contribution in [-0.4, -0.2) is 32.8 Å². The fourth-order valence-electron chi connectivity index (χ4n) is 2.66. The van der Waals surface area contributed by atoms with Crippen LogP contribution in [0.2, 0.25) is 0 Å². The van der Waals surface area contributed by atoms with Crippen molar-refractivity contribution in [3.05, 3.63) is 48.0 Å². The van der Waals surface area contributed by atoms with Gasteiger partial charge in [-0.15, -0.1) is 0 Å². The minimum Gasteiger partial charge on any atom is -0.438 e. The third kappa shape index (κ3) is 3.87. The molecule has 0 radical (unpaired) electrons. The van der Waals surface area contributed by atoms with Crippen LogP contribution in [0, 0.1) is 17.1 Å². The van der Waals surface area contributed by atoms with Gasteiger partial charge in [0.1, 0.15) is 5.75 Å². The van der Waals surface area contributed by atoms with Gasteiger partial charge in [-0.25, -0.2) is 19.0 Å². The number of nitriles is 1. The molecule has 3 aromatic rings. The molecular weight excluding hydrogens is 347 g/mol. The predicted molar refractivity (Wildman–Crippen MR) is 99.0 cm³/mol. The molecule has 2 heterocycles. The van der Waals surface area contributed by atoms with Gasteiger partial charge < -0.3 is 9.64 Å². The number of aromatic nitrogens is 4. The van der Waals surface area contributed by atoms with Crippen molar-refractivity contribution in [3.8, 4) is 29.1 Å². The van der Waals surface area contributed by atoms with Gasteiger partial charge in [0, 0.05) is 26.2 Å². The van der Waals surface area contributed by atoms with E-state index in [0.29, 0.717) is 28.6 Å². The van der Waals surface area contributed by atoms with Gasteiger partial charge in [-0.2, -0.15) is 10.4 Å². The Balaban J connectivity index is 2.01. The van der Waals surface area contributed by atoms with E-state index < -0.39 is 5.82 Å². The van der Waals surface area contributed by atoms with Gasteiger partial charge >= 0.3 is 0 Å². The standard InChI is InChI=1S/C19H19FN6O/c1-4-26(5-2)17-9-18(25(3)24-17)27-16-8-13(10-21)6-7-15(16)19-22-11-14(20)12-23-19/h6-9,11-12H,4-5H2,1-3H3. The number of anilines is 1. The summed E-state index contributed by atoms with van der Waals surface area (Å²) in [7, 11) is 1.78. The van der Waals surface area contributed by atoms with Crippen molar-refractivity contribution in [1.82, 2.24) is 19.7 Å². The first-order chi connectivity index (χ1) is 13.0. The van der Waals surface area contributed by atoms with Crippen LogP contribution < -0.4 is 9.64 Å². The van der Waals surface area contributed by atoms with Crippen LogP contribution in [0.25, 0.3) is 11.4 Å². The maximum atomic E-state index is 13.2. The second-order valence-corrected chi connectivity index (χ2v) is 5.79. The highest BCUT2D eigenvalue weighted by Crippen LogP contribution is 2.33. The topological polar surface area (TPSA) is 79.9 Å². The summed E-state index contributed by atoms with van der Waals surface area (Å²) in [5.41, 5.74) is 0.988. The monoisotopic (exact) mass is 366 g/mol. The van der Waals surface area contributed by atoms with Crippen molar-refractivity contribution in [1.29, 1.82) is 5.26 Å². The molecule has 138 valence electrons. The lowest BCUT2D eigenvalue weighted by Gasteiger charge is -2.16. The number of rotatable bonds is 6. The Labute approximate surface area is 156 Å². The minimum absolute atomic E-state index is 0.307. The third-order valence-electron chi connectivity index (χ3n) is 4.10. The zero-order valence-electron chi connectivity index (χ0n) is 15.3.